The van der Waals surface area contributed by atoms with Gasteiger partial charge in [-0.15, -0.1) is 0 Å². The summed E-state index contributed by atoms with van der Waals surface area (Å²) >= 11 is 0. The number of rotatable bonds is 8. The molecule has 0 aliphatic carbocycles. The average Bonchev–Trinajstić information content (AvgIpc) is 2.45. The maximum atomic E-state index is 11.6. The maximum Gasteiger partial charge on any atom is 0.315 e. The predicted molar refractivity (Wildman–Crippen MR) is 79.6 cm³/mol. The Bertz CT molecular complexity index is 476. The number of hydrogen-bond donors (Lipinski definition) is 3. The van der Waals surface area contributed by atoms with E-state index in [1.165, 1.54) is 0 Å². The molecule has 1 aromatic rings. The first-order valence-electron chi connectivity index (χ1n) is 6.90. The molecule has 2 amide bonds. The molecule has 0 fully saturated rings. The molecule has 1 rings (SSSR count). The topological polar surface area (TPSA) is 87.7 Å². The number of hydrogen-bond acceptors (Lipinski definition) is 3. The molecule has 1 unspecified atom stereocenters. The van der Waals surface area contributed by atoms with Crippen LogP contribution in [0.25, 0.3) is 0 Å². The smallest absolute Gasteiger partial charge is 0.315 e. The molecule has 116 valence electrons. The van der Waals surface area contributed by atoms with Crippen molar-refractivity contribution < 1.29 is 19.4 Å². The fraction of sp³-hybridized carbons (Fsp3) is 0.467. The Kier molecular flexibility index (Phi) is 7.08. The molecule has 1 aromatic carbocycles. The molecular formula is C15H22N2O4. The van der Waals surface area contributed by atoms with E-state index < -0.39 is 5.97 Å². The SMILES string of the molecule is COc1cccc(CCNC(=O)NC(C)CCC(=O)O)c1. The number of amides is 2. The number of ether oxygens (including phenoxy) is 1. The van der Waals surface area contributed by atoms with Gasteiger partial charge in [0.1, 0.15) is 5.75 Å². The van der Waals surface area contributed by atoms with Crippen LogP contribution in [-0.4, -0.2) is 36.8 Å². The van der Waals surface area contributed by atoms with E-state index in [0.29, 0.717) is 19.4 Å². The summed E-state index contributed by atoms with van der Waals surface area (Å²) in [4.78, 5) is 22.0. The van der Waals surface area contributed by atoms with Gasteiger partial charge in [0.05, 0.1) is 7.11 Å². The van der Waals surface area contributed by atoms with E-state index in [2.05, 4.69) is 10.6 Å². The molecule has 1 atom stereocenters. The first-order chi connectivity index (χ1) is 10.0. The van der Waals surface area contributed by atoms with Gasteiger partial charge in [0.15, 0.2) is 0 Å². The van der Waals surface area contributed by atoms with Crippen LogP contribution in [0.1, 0.15) is 25.3 Å². The summed E-state index contributed by atoms with van der Waals surface area (Å²) < 4.78 is 5.13. The van der Waals surface area contributed by atoms with Gasteiger partial charge in [0.25, 0.3) is 0 Å². The zero-order chi connectivity index (χ0) is 15.7. The quantitative estimate of drug-likeness (QED) is 0.682. The van der Waals surface area contributed by atoms with Crippen LogP contribution in [0.2, 0.25) is 0 Å². The Hall–Kier alpha value is -2.24. The van der Waals surface area contributed by atoms with Crippen molar-refractivity contribution in [1.82, 2.24) is 10.6 Å². The van der Waals surface area contributed by atoms with Gasteiger partial charge < -0.3 is 20.5 Å². The molecule has 0 heterocycles. The van der Waals surface area contributed by atoms with Gasteiger partial charge in [-0.05, 0) is 37.5 Å². The Morgan fingerprint density at radius 3 is 2.81 bits per heavy atom. The van der Waals surface area contributed by atoms with E-state index in [0.717, 1.165) is 11.3 Å². The monoisotopic (exact) mass is 294 g/mol. The Morgan fingerprint density at radius 1 is 1.38 bits per heavy atom. The molecule has 0 bridgehead atoms. The number of nitrogens with one attached hydrogen (secondary N) is 2. The third kappa shape index (κ3) is 7.20. The molecule has 0 radical (unpaired) electrons. The van der Waals surface area contributed by atoms with Gasteiger partial charge in [0, 0.05) is 19.0 Å². The largest absolute Gasteiger partial charge is 0.497 e. The number of carbonyl (C=O) groups excluding carboxylic acids is 1. The zero-order valence-corrected chi connectivity index (χ0v) is 12.4. The van der Waals surface area contributed by atoms with Crippen molar-refractivity contribution >= 4 is 12.0 Å². The molecule has 0 aliphatic rings. The molecule has 0 saturated carbocycles. The van der Waals surface area contributed by atoms with Gasteiger partial charge in [-0.3, -0.25) is 4.79 Å². The van der Waals surface area contributed by atoms with Crippen molar-refractivity contribution in [3.05, 3.63) is 29.8 Å². The van der Waals surface area contributed by atoms with Crippen molar-refractivity contribution in [3.8, 4) is 5.75 Å². The lowest BCUT2D eigenvalue weighted by molar-refractivity contribution is -0.137. The molecule has 6 nitrogen and oxygen atoms in total. The number of benzene rings is 1. The second-order valence-electron chi connectivity index (χ2n) is 4.84. The Labute approximate surface area is 124 Å². The third-order valence-corrected chi connectivity index (χ3v) is 3.00. The van der Waals surface area contributed by atoms with E-state index in [-0.39, 0.29) is 18.5 Å². The molecule has 6 heteroatoms. The van der Waals surface area contributed by atoms with Crippen LogP contribution in [0.15, 0.2) is 24.3 Å². The minimum Gasteiger partial charge on any atom is -0.497 e. The zero-order valence-electron chi connectivity index (χ0n) is 12.4. The van der Waals surface area contributed by atoms with Crippen LogP contribution in [0.5, 0.6) is 5.75 Å². The van der Waals surface area contributed by atoms with E-state index in [9.17, 15) is 9.59 Å². The minimum absolute atomic E-state index is 0.0469. The number of methoxy groups -OCH3 is 1. The van der Waals surface area contributed by atoms with Gasteiger partial charge in [-0.1, -0.05) is 12.1 Å². The summed E-state index contributed by atoms with van der Waals surface area (Å²) in [5.41, 5.74) is 1.08. The van der Waals surface area contributed by atoms with Crippen molar-refractivity contribution in [2.45, 2.75) is 32.2 Å². The Balaban J connectivity index is 2.25. The van der Waals surface area contributed by atoms with Crippen LogP contribution < -0.4 is 15.4 Å². The Morgan fingerprint density at radius 2 is 2.14 bits per heavy atom. The highest BCUT2D eigenvalue weighted by Crippen LogP contribution is 2.12. The summed E-state index contributed by atoms with van der Waals surface area (Å²) in [5.74, 6) is -0.0682. The fourth-order valence-electron chi connectivity index (χ4n) is 1.84. The first-order valence-corrected chi connectivity index (χ1v) is 6.90. The van der Waals surface area contributed by atoms with Crippen LogP contribution >= 0.6 is 0 Å². The second kappa shape index (κ2) is 8.84. The maximum absolute atomic E-state index is 11.6. The third-order valence-electron chi connectivity index (χ3n) is 3.00. The molecule has 0 aliphatic heterocycles. The van der Waals surface area contributed by atoms with Crippen molar-refractivity contribution in [3.63, 3.8) is 0 Å². The van der Waals surface area contributed by atoms with Crippen molar-refractivity contribution in [2.75, 3.05) is 13.7 Å². The van der Waals surface area contributed by atoms with Crippen molar-refractivity contribution in [1.29, 1.82) is 0 Å². The number of aliphatic carboxylic acids is 1. The molecular weight excluding hydrogens is 272 g/mol. The van der Waals surface area contributed by atoms with Gasteiger partial charge in [0.2, 0.25) is 0 Å². The predicted octanol–water partition coefficient (Wildman–Crippen LogP) is 1.79. The average molecular weight is 294 g/mol. The number of carboxylic acids is 1. The highest BCUT2D eigenvalue weighted by Gasteiger charge is 2.08. The van der Waals surface area contributed by atoms with Crippen LogP contribution in [-0.2, 0) is 11.2 Å². The fourth-order valence-corrected chi connectivity index (χ4v) is 1.84. The summed E-state index contributed by atoms with van der Waals surface area (Å²) in [6.45, 7) is 2.29. The molecule has 0 saturated heterocycles. The lowest BCUT2D eigenvalue weighted by Crippen LogP contribution is -2.41. The minimum atomic E-state index is -0.859. The van der Waals surface area contributed by atoms with E-state index in [1.807, 2.05) is 24.3 Å². The normalized spacial score (nSPS) is 11.5. The van der Waals surface area contributed by atoms with Gasteiger partial charge in [-0.2, -0.15) is 0 Å². The highest BCUT2D eigenvalue weighted by atomic mass is 16.5. The molecule has 21 heavy (non-hydrogen) atoms. The van der Waals surface area contributed by atoms with Crippen LogP contribution in [0, 0.1) is 0 Å². The summed E-state index contributed by atoms with van der Waals surface area (Å²) in [7, 11) is 1.61. The van der Waals surface area contributed by atoms with E-state index in [1.54, 1.807) is 14.0 Å². The van der Waals surface area contributed by atoms with E-state index in [4.69, 9.17) is 9.84 Å². The van der Waals surface area contributed by atoms with Crippen LogP contribution in [0.3, 0.4) is 0 Å². The molecule has 0 spiro atoms. The lowest BCUT2D eigenvalue weighted by atomic mass is 10.1. The summed E-state index contributed by atoms with van der Waals surface area (Å²) in [6.07, 6.45) is 1.16. The number of carboxylic acid groups (broad SMARTS) is 1. The second-order valence-corrected chi connectivity index (χ2v) is 4.84. The molecule has 3 N–H and O–H groups in total. The van der Waals surface area contributed by atoms with Gasteiger partial charge in [-0.25, -0.2) is 4.79 Å². The standard InChI is InChI=1S/C15H22N2O4/c1-11(6-7-14(18)19)17-15(20)16-9-8-12-4-3-5-13(10-12)21-2/h3-5,10-11H,6-9H2,1-2H3,(H,18,19)(H2,16,17,20). The summed E-state index contributed by atoms with van der Waals surface area (Å²) in [5, 5.41) is 14.0. The van der Waals surface area contributed by atoms with E-state index >= 15 is 0 Å². The van der Waals surface area contributed by atoms with Crippen LogP contribution in [0.4, 0.5) is 4.79 Å². The number of carbonyl (C=O) groups is 2. The molecule has 0 aromatic heterocycles. The van der Waals surface area contributed by atoms with Gasteiger partial charge >= 0.3 is 12.0 Å². The van der Waals surface area contributed by atoms with Crippen molar-refractivity contribution in [2.24, 2.45) is 0 Å². The number of urea groups is 1. The highest BCUT2D eigenvalue weighted by molar-refractivity contribution is 5.74. The lowest BCUT2D eigenvalue weighted by Gasteiger charge is -2.13. The first kappa shape index (κ1) is 16.8. The summed E-state index contributed by atoms with van der Waals surface area (Å²) in [6, 6.07) is 7.22.